The number of hydrogen-bond donors (Lipinski definition) is 3. The van der Waals surface area contributed by atoms with Crippen molar-refractivity contribution in [2.75, 3.05) is 38.1 Å². The quantitative estimate of drug-likeness (QED) is 0.218. The van der Waals surface area contributed by atoms with Gasteiger partial charge in [-0.1, -0.05) is 12.8 Å². The highest BCUT2D eigenvalue weighted by atomic mass is 127. The van der Waals surface area contributed by atoms with Crippen LogP contribution < -0.4 is 20.9 Å². The first-order chi connectivity index (χ1) is 14.0. The number of carbonyl (C=O) groups excluding carboxylic acids is 1. The fourth-order valence-corrected chi connectivity index (χ4v) is 4.15. The molecule has 1 aromatic carbocycles. The fourth-order valence-electron chi connectivity index (χ4n) is 4.15. The van der Waals surface area contributed by atoms with Gasteiger partial charge in [0.15, 0.2) is 5.96 Å². The Hall–Kier alpha value is -1.65. The van der Waals surface area contributed by atoms with Crippen LogP contribution in [0.5, 0.6) is 0 Å². The van der Waals surface area contributed by atoms with Crippen molar-refractivity contribution in [1.29, 1.82) is 0 Å². The van der Waals surface area contributed by atoms with Gasteiger partial charge in [0.25, 0.3) is 0 Å². The van der Waals surface area contributed by atoms with E-state index >= 15 is 0 Å². The monoisotopic (exact) mass is 535 g/mol. The zero-order valence-electron chi connectivity index (χ0n) is 17.4. The maximum atomic E-state index is 14.0. The smallest absolute Gasteiger partial charge is 0.220 e. The van der Waals surface area contributed by atoms with Gasteiger partial charge < -0.3 is 20.9 Å². The lowest BCUT2D eigenvalue weighted by Gasteiger charge is -2.21. The molecule has 1 aliphatic heterocycles. The Morgan fingerprint density at radius 2 is 1.90 bits per heavy atom. The molecule has 3 N–H and O–H groups in total. The molecule has 3 rings (SSSR count). The first-order valence-electron chi connectivity index (χ1n) is 10.5. The summed E-state index contributed by atoms with van der Waals surface area (Å²) < 4.78 is 27.1. The van der Waals surface area contributed by atoms with Crippen LogP contribution in [-0.4, -0.2) is 51.1 Å². The van der Waals surface area contributed by atoms with Crippen molar-refractivity contribution in [3.63, 3.8) is 0 Å². The number of anilines is 1. The molecule has 1 saturated heterocycles. The van der Waals surface area contributed by atoms with Gasteiger partial charge in [-0.15, -0.1) is 24.0 Å². The van der Waals surface area contributed by atoms with Crippen LogP contribution in [0, 0.1) is 17.6 Å². The molecule has 0 aromatic heterocycles. The molecule has 1 heterocycles. The van der Waals surface area contributed by atoms with Crippen LogP contribution >= 0.6 is 24.0 Å². The predicted octanol–water partition coefficient (Wildman–Crippen LogP) is 3.02. The number of amides is 1. The van der Waals surface area contributed by atoms with Gasteiger partial charge in [0.1, 0.15) is 11.6 Å². The summed E-state index contributed by atoms with van der Waals surface area (Å²) in [5.41, 5.74) is 0.420. The average molecular weight is 535 g/mol. The number of halogens is 3. The van der Waals surface area contributed by atoms with E-state index in [0.29, 0.717) is 50.2 Å². The van der Waals surface area contributed by atoms with Gasteiger partial charge >= 0.3 is 0 Å². The third-order valence-corrected chi connectivity index (χ3v) is 5.69. The molecule has 0 radical (unpaired) electrons. The molecule has 30 heavy (non-hydrogen) atoms. The van der Waals surface area contributed by atoms with Crippen molar-refractivity contribution >= 4 is 41.5 Å². The summed E-state index contributed by atoms with van der Waals surface area (Å²) >= 11 is 0. The second-order valence-corrected chi connectivity index (χ2v) is 7.88. The Balaban J connectivity index is 0.00000320. The molecule has 1 unspecified atom stereocenters. The third-order valence-electron chi connectivity index (χ3n) is 5.69. The van der Waals surface area contributed by atoms with Crippen LogP contribution in [0.15, 0.2) is 23.2 Å². The second kappa shape index (κ2) is 12.3. The van der Waals surface area contributed by atoms with Gasteiger partial charge in [-0.05, 0) is 37.3 Å². The summed E-state index contributed by atoms with van der Waals surface area (Å²) in [7, 11) is 1.69. The summed E-state index contributed by atoms with van der Waals surface area (Å²) in [4.78, 5) is 18.1. The van der Waals surface area contributed by atoms with E-state index in [1.54, 1.807) is 7.05 Å². The molecule has 1 aromatic rings. The lowest BCUT2D eigenvalue weighted by molar-refractivity contribution is -0.121. The number of guanidine groups is 1. The van der Waals surface area contributed by atoms with E-state index in [4.69, 9.17) is 0 Å². The van der Waals surface area contributed by atoms with Crippen LogP contribution in [0.2, 0.25) is 0 Å². The first-order valence-corrected chi connectivity index (χ1v) is 10.5. The lowest BCUT2D eigenvalue weighted by atomic mass is 10.0. The largest absolute Gasteiger partial charge is 0.367 e. The molecular formula is C21H32F2IN5O. The summed E-state index contributed by atoms with van der Waals surface area (Å²) in [5.74, 6) is 0.214. The maximum Gasteiger partial charge on any atom is 0.220 e. The number of rotatable bonds is 7. The van der Waals surface area contributed by atoms with E-state index in [1.165, 1.54) is 37.8 Å². The average Bonchev–Trinajstić information content (AvgIpc) is 3.36. The zero-order valence-corrected chi connectivity index (χ0v) is 19.8. The minimum absolute atomic E-state index is 0. The summed E-state index contributed by atoms with van der Waals surface area (Å²) in [6.45, 7) is 2.43. The van der Waals surface area contributed by atoms with Crippen LogP contribution in [0.4, 0.5) is 14.5 Å². The Labute approximate surface area is 194 Å². The molecule has 9 heteroatoms. The summed E-state index contributed by atoms with van der Waals surface area (Å²) in [6, 6.07) is 3.79. The van der Waals surface area contributed by atoms with Crippen molar-refractivity contribution in [1.82, 2.24) is 16.0 Å². The molecule has 2 aliphatic rings. The maximum absolute atomic E-state index is 14.0. The molecule has 1 aliphatic carbocycles. The van der Waals surface area contributed by atoms with E-state index in [-0.39, 0.29) is 35.9 Å². The zero-order chi connectivity index (χ0) is 20.6. The second-order valence-electron chi connectivity index (χ2n) is 7.88. The highest BCUT2D eigenvalue weighted by Gasteiger charge is 2.25. The van der Waals surface area contributed by atoms with Crippen molar-refractivity contribution in [3.05, 3.63) is 29.8 Å². The van der Waals surface area contributed by atoms with Gasteiger partial charge in [-0.3, -0.25) is 9.79 Å². The van der Waals surface area contributed by atoms with Crippen LogP contribution in [0.25, 0.3) is 0 Å². The van der Waals surface area contributed by atoms with Gasteiger partial charge in [0.2, 0.25) is 5.91 Å². The fraction of sp³-hybridized carbons (Fsp3) is 0.619. The highest BCUT2D eigenvalue weighted by Crippen LogP contribution is 2.27. The number of nitrogens with one attached hydrogen (secondary N) is 3. The molecule has 0 bridgehead atoms. The molecule has 1 saturated carbocycles. The normalized spacial score (nSPS) is 19.5. The van der Waals surface area contributed by atoms with Crippen molar-refractivity contribution in [2.45, 2.75) is 44.6 Å². The van der Waals surface area contributed by atoms with Crippen molar-refractivity contribution in [3.8, 4) is 0 Å². The number of aliphatic imine (C=N–C) groups is 1. The van der Waals surface area contributed by atoms with Crippen LogP contribution in [0.1, 0.15) is 38.5 Å². The van der Waals surface area contributed by atoms with E-state index in [2.05, 4.69) is 20.9 Å². The molecule has 168 valence electrons. The molecule has 2 fully saturated rings. The molecular weight excluding hydrogens is 503 g/mol. The van der Waals surface area contributed by atoms with Gasteiger partial charge in [0.05, 0.1) is 5.69 Å². The molecule has 6 nitrogen and oxygen atoms in total. The minimum atomic E-state index is -0.569. The van der Waals surface area contributed by atoms with E-state index in [1.807, 2.05) is 4.90 Å². The minimum Gasteiger partial charge on any atom is -0.367 e. The Kier molecular flexibility index (Phi) is 10.1. The first kappa shape index (κ1) is 24.6. The number of nitrogens with zero attached hydrogens (tertiary/aromatic N) is 2. The van der Waals surface area contributed by atoms with Gasteiger partial charge in [-0.25, -0.2) is 8.78 Å². The van der Waals surface area contributed by atoms with Crippen LogP contribution in [-0.2, 0) is 4.79 Å². The number of benzene rings is 1. The molecule has 0 spiro atoms. The Morgan fingerprint density at radius 3 is 2.60 bits per heavy atom. The van der Waals surface area contributed by atoms with E-state index in [9.17, 15) is 13.6 Å². The highest BCUT2D eigenvalue weighted by molar-refractivity contribution is 14.0. The Bertz CT molecular complexity index is 727. The SMILES string of the molecule is CN=C(NCCNC(=O)CC1CCCC1)NC1CCN(c2ccc(F)cc2F)C1.I. The molecule has 1 atom stereocenters. The van der Waals surface area contributed by atoms with Gasteiger partial charge in [0, 0.05) is 51.8 Å². The number of hydrogen-bond acceptors (Lipinski definition) is 3. The summed E-state index contributed by atoms with van der Waals surface area (Å²) in [5, 5.41) is 9.49. The standard InChI is InChI=1S/C21H31F2N5O.HI/c1-24-21(26-10-9-25-20(29)12-15-4-2-3-5-15)27-17-8-11-28(14-17)19-7-6-16(22)13-18(19)23;/h6-7,13,15,17H,2-5,8-12,14H2,1H3,(H,25,29)(H2,24,26,27);1H. The number of carbonyl (C=O) groups is 1. The van der Waals surface area contributed by atoms with Gasteiger partial charge in [-0.2, -0.15) is 0 Å². The summed E-state index contributed by atoms with van der Waals surface area (Å²) in [6.07, 6.45) is 6.28. The van der Waals surface area contributed by atoms with E-state index < -0.39 is 11.6 Å². The topological polar surface area (TPSA) is 68.8 Å². The van der Waals surface area contributed by atoms with Crippen molar-refractivity contribution < 1.29 is 13.6 Å². The van der Waals surface area contributed by atoms with Crippen molar-refractivity contribution in [2.24, 2.45) is 10.9 Å². The third kappa shape index (κ3) is 7.24. The lowest BCUT2D eigenvalue weighted by Crippen LogP contribution is -2.46. The van der Waals surface area contributed by atoms with Crippen LogP contribution in [0.3, 0.4) is 0 Å². The van der Waals surface area contributed by atoms with E-state index in [0.717, 1.165) is 12.5 Å². The molecule has 1 amide bonds. The Morgan fingerprint density at radius 1 is 1.17 bits per heavy atom. The predicted molar refractivity (Wildman–Crippen MR) is 126 cm³/mol.